The quantitative estimate of drug-likeness (QED) is 0.819. The van der Waals surface area contributed by atoms with Crippen LogP contribution in [0.4, 0.5) is 0 Å². The van der Waals surface area contributed by atoms with Gasteiger partial charge in [0.2, 0.25) is 5.91 Å². The number of amides is 1. The molecule has 0 atom stereocenters. The van der Waals surface area contributed by atoms with Crippen LogP contribution in [0.25, 0.3) is 0 Å². The molecule has 0 bridgehead atoms. The van der Waals surface area contributed by atoms with Gasteiger partial charge < -0.3 is 10.1 Å². The van der Waals surface area contributed by atoms with Gasteiger partial charge in [0.15, 0.2) is 0 Å². The molecule has 1 aromatic carbocycles. The molecule has 0 aromatic heterocycles. The Morgan fingerprint density at radius 3 is 2.68 bits per heavy atom. The number of benzene rings is 1. The molecule has 6 heteroatoms. The average molecular weight is 326 g/mol. The van der Waals surface area contributed by atoms with E-state index in [1.165, 1.54) is 0 Å². The Morgan fingerprint density at radius 2 is 2.00 bits per heavy atom. The van der Waals surface area contributed by atoms with Crippen molar-refractivity contribution in [2.75, 3.05) is 53.0 Å². The molecule has 0 aliphatic carbocycles. The second kappa shape index (κ2) is 9.10. The zero-order chi connectivity index (χ0) is 15.8. The monoisotopic (exact) mass is 325 g/mol. The average Bonchev–Trinajstić information content (AvgIpc) is 2.52. The van der Waals surface area contributed by atoms with E-state index in [0.717, 1.165) is 44.9 Å². The number of rotatable bonds is 7. The number of nitrogens with zero attached hydrogens (tertiary/aromatic N) is 2. The molecule has 0 saturated carbocycles. The minimum Gasteiger partial charge on any atom is -0.383 e. The minimum atomic E-state index is 0.0605. The summed E-state index contributed by atoms with van der Waals surface area (Å²) in [5, 5.41) is 3.64. The molecule has 1 aromatic rings. The SMILES string of the molecule is COCCN1CCN(CC(=O)NCc2cccc(Cl)c2)CC1. The number of carbonyl (C=O) groups is 1. The summed E-state index contributed by atoms with van der Waals surface area (Å²) in [5.41, 5.74) is 1.02. The van der Waals surface area contributed by atoms with Crippen molar-refractivity contribution in [3.63, 3.8) is 0 Å². The van der Waals surface area contributed by atoms with E-state index in [1.807, 2.05) is 24.3 Å². The number of carbonyl (C=O) groups excluding carboxylic acids is 1. The second-order valence-electron chi connectivity index (χ2n) is 5.52. The van der Waals surface area contributed by atoms with Crippen LogP contribution in [-0.2, 0) is 16.1 Å². The fourth-order valence-electron chi connectivity index (χ4n) is 2.50. The number of hydrogen-bond donors (Lipinski definition) is 1. The second-order valence-corrected chi connectivity index (χ2v) is 5.95. The Kier molecular flexibility index (Phi) is 7.12. The van der Waals surface area contributed by atoms with Crippen LogP contribution >= 0.6 is 11.6 Å². The maximum atomic E-state index is 12.0. The number of nitrogens with one attached hydrogen (secondary N) is 1. The molecular weight excluding hydrogens is 302 g/mol. The molecular formula is C16H24ClN3O2. The molecule has 0 radical (unpaired) electrons. The summed E-state index contributed by atoms with van der Waals surface area (Å²) in [4.78, 5) is 16.6. The number of piperazine rings is 1. The molecule has 1 saturated heterocycles. The van der Waals surface area contributed by atoms with Gasteiger partial charge in [-0.3, -0.25) is 14.6 Å². The zero-order valence-electron chi connectivity index (χ0n) is 13.1. The Morgan fingerprint density at radius 1 is 1.27 bits per heavy atom. The Hall–Kier alpha value is -1.14. The van der Waals surface area contributed by atoms with E-state index in [0.29, 0.717) is 18.1 Å². The first kappa shape index (κ1) is 17.2. The molecule has 1 aliphatic heterocycles. The summed E-state index contributed by atoms with van der Waals surface area (Å²) in [7, 11) is 1.72. The van der Waals surface area contributed by atoms with E-state index in [4.69, 9.17) is 16.3 Å². The molecule has 1 aliphatic rings. The molecule has 5 nitrogen and oxygen atoms in total. The van der Waals surface area contributed by atoms with Gasteiger partial charge in [-0.05, 0) is 17.7 Å². The molecule has 0 spiro atoms. The number of halogens is 1. The van der Waals surface area contributed by atoms with Gasteiger partial charge in [-0.15, -0.1) is 0 Å². The summed E-state index contributed by atoms with van der Waals surface area (Å²) in [5.74, 6) is 0.0605. The lowest BCUT2D eigenvalue weighted by Crippen LogP contribution is -2.49. The summed E-state index contributed by atoms with van der Waals surface area (Å²) < 4.78 is 5.09. The van der Waals surface area contributed by atoms with Crippen LogP contribution in [0.3, 0.4) is 0 Å². The van der Waals surface area contributed by atoms with Crippen molar-refractivity contribution in [2.45, 2.75) is 6.54 Å². The van der Waals surface area contributed by atoms with Crippen LogP contribution in [0.1, 0.15) is 5.56 Å². The van der Waals surface area contributed by atoms with Gasteiger partial charge in [-0.25, -0.2) is 0 Å². The van der Waals surface area contributed by atoms with Crippen molar-refractivity contribution in [1.82, 2.24) is 15.1 Å². The van der Waals surface area contributed by atoms with Crippen LogP contribution in [0.2, 0.25) is 5.02 Å². The first-order valence-corrected chi connectivity index (χ1v) is 8.00. The van der Waals surface area contributed by atoms with Crippen LogP contribution in [0.5, 0.6) is 0 Å². The predicted octanol–water partition coefficient (Wildman–Crippen LogP) is 1.22. The largest absolute Gasteiger partial charge is 0.383 e. The highest BCUT2D eigenvalue weighted by molar-refractivity contribution is 6.30. The van der Waals surface area contributed by atoms with E-state index >= 15 is 0 Å². The van der Waals surface area contributed by atoms with Crippen LogP contribution < -0.4 is 5.32 Å². The third-order valence-corrected chi connectivity index (χ3v) is 4.06. The fourth-order valence-corrected chi connectivity index (χ4v) is 2.71. The Bertz CT molecular complexity index is 476. The van der Waals surface area contributed by atoms with E-state index in [1.54, 1.807) is 7.11 Å². The minimum absolute atomic E-state index is 0.0605. The van der Waals surface area contributed by atoms with Crippen LogP contribution in [0.15, 0.2) is 24.3 Å². The van der Waals surface area contributed by atoms with Crippen molar-refractivity contribution < 1.29 is 9.53 Å². The third-order valence-electron chi connectivity index (χ3n) is 3.82. The summed E-state index contributed by atoms with van der Waals surface area (Å²) in [6.45, 7) is 6.54. The topological polar surface area (TPSA) is 44.8 Å². The Balaban J connectivity index is 1.65. The van der Waals surface area contributed by atoms with E-state index < -0.39 is 0 Å². The lowest BCUT2D eigenvalue weighted by molar-refractivity contribution is -0.122. The van der Waals surface area contributed by atoms with Gasteiger partial charge in [-0.1, -0.05) is 23.7 Å². The van der Waals surface area contributed by atoms with Gasteiger partial charge in [-0.2, -0.15) is 0 Å². The van der Waals surface area contributed by atoms with E-state index in [2.05, 4.69) is 15.1 Å². The van der Waals surface area contributed by atoms with Crippen LogP contribution in [-0.4, -0.2) is 68.7 Å². The molecule has 1 N–H and O–H groups in total. The maximum absolute atomic E-state index is 12.0. The van der Waals surface area contributed by atoms with E-state index in [-0.39, 0.29) is 5.91 Å². The normalized spacial score (nSPS) is 16.6. The third kappa shape index (κ3) is 5.93. The van der Waals surface area contributed by atoms with Gasteiger partial charge in [0.25, 0.3) is 0 Å². The predicted molar refractivity (Wildman–Crippen MR) is 88.1 cm³/mol. The lowest BCUT2D eigenvalue weighted by atomic mass is 10.2. The van der Waals surface area contributed by atoms with Gasteiger partial charge in [0, 0.05) is 51.4 Å². The lowest BCUT2D eigenvalue weighted by Gasteiger charge is -2.34. The summed E-state index contributed by atoms with van der Waals surface area (Å²) in [6, 6.07) is 7.55. The number of hydrogen-bond acceptors (Lipinski definition) is 4. The fraction of sp³-hybridized carbons (Fsp3) is 0.562. The van der Waals surface area contributed by atoms with Gasteiger partial charge in [0.05, 0.1) is 13.2 Å². The summed E-state index contributed by atoms with van der Waals surface area (Å²) in [6.07, 6.45) is 0. The highest BCUT2D eigenvalue weighted by atomic mass is 35.5. The van der Waals surface area contributed by atoms with Crippen molar-refractivity contribution in [2.24, 2.45) is 0 Å². The van der Waals surface area contributed by atoms with Crippen molar-refractivity contribution in [3.8, 4) is 0 Å². The molecule has 1 amide bonds. The maximum Gasteiger partial charge on any atom is 0.234 e. The highest BCUT2D eigenvalue weighted by Crippen LogP contribution is 2.10. The Labute approximate surface area is 137 Å². The first-order chi connectivity index (χ1) is 10.7. The van der Waals surface area contributed by atoms with Crippen molar-refractivity contribution >= 4 is 17.5 Å². The van der Waals surface area contributed by atoms with Gasteiger partial charge in [0.1, 0.15) is 0 Å². The standard InChI is InChI=1S/C16H24ClN3O2/c1-22-10-9-19-5-7-20(8-6-19)13-16(21)18-12-14-3-2-4-15(17)11-14/h2-4,11H,5-10,12-13H2,1H3,(H,18,21). The highest BCUT2D eigenvalue weighted by Gasteiger charge is 2.18. The zero-order valence-corrected chi connectivity index (χ0v) is 13.8. The number of methoxy groups -OCH3 is 1. The molecule has 0 unspecified atom stereocenters. The molecule has 122 valence electrons. The smallest absolute Gasteiger partial charge is 0.234 e. The summed E-state index contributed by atoms with van der Waals surface area (Å²) >= 11 is 5.93. The van der Waals surface area contributed by atoms with E-state index in [9.17, 15) is 4.79 Å². The van der Waals surface area contributed by atoms with Crippen molar-refractivity contribution in [3.05, 3.63) is 34.9 Å². The van der Waals surface area contributed by atoms with Crippen LogP contribution in [0, 0.1) is 0 Å². The first-order valence-electron chi connectivity index (χ1n) is 7.62. The molecule has 2 rings (SSSR count). The van der Waals surface area contributed by atoms with Gasteiger partial charge >= 0.3 is 0 Å². The molecule has 22 heavy (non-hydrogen) atoms. The molecule has 1 heterocycles. The molecule has 1 fully saturated rings. The van der Waals surface area contributed by atoms with Crippen molar-refractivity contribution in [1.29, 1.82) is 0 Å². The number of ether oxygens (including phenoxy) is 1.